The molecule has 2 heterocycles. The number of ether oxygens (including phenoxy) is 2. The Morgan fingerprint density at radius 2 is 1.86 bits per heavy atom. The molecule has 3 aromatic rings. The van der Waals surface area contributed by atoms with Crippen molar-refractivity contribution < 1.29 is 22.6 Å². The molecule has 0 saturated carbocycles. The molecule has 4 nitrogen and oxygen atoms in total. The van der Waals surface area contributed by atoms with E-state index in [2.05, 4.69) is 4.98 Å². The van der Waals surface area contributed by atoms with Gasteiger partial charge in [-0.05, 0) is 61.7 Å². The molecule has 8 heteroatoms. The molecule has 148 valence electrons. The van der Waals surface area contributed by atoms with E-state index in [-0.39, 0.29) is 17.3 Å². The molecule has 0 amide bonds. The summed E-state index contributed by atoms with van der Waals surface area (Å²) in [6.07, 6.45) is -2.42. The Morgan fingerprint density at radius 1 is 1.07 bits per heavy atom. The predicted octanol–water partition coefficient (Wildman–Crippen LogP) is 5.52. The smallest absolute Gasteiger partial charge is 0.418 e. The van der Waals surface area contributed by atoms with E-state index in [1.807, 2.05) is 0 Å². The van der Waals surface area contributed by atoms with Crippen LogP contribution in [0.1, 0.15) is 24.0 Å². The van der Waals surface area contributed by atoms with Crippen molar-refractivity contribution in [3.63, 3.8) is 0 Å². The van der Waals surface area contributed by atoms with Crippen LogP contribution in [0.25, 0.3) is 22.2 Å². The number of nitrogens with two attached hydrogens (primary N) is 1. The van der Waals surface area contributed by atoms with Gasteiger partial charge in [-0.1, -0.05) is 11.6 Å². The minimum atomic E-state index is -4.49. The van der Waals surface area contributed by atoms with E-state index in [0.29, 0.717) is 41.1 Å². The molecule has 1 aromatic heterocycles. The first-order valence-corrected chi connectivity index (χ1v) is 9.28. The minimum absolute atomic E-state index is 0.00425. The number of alkyl halides is 3. The van der Waals surface area contributed by atoms with Gasteiger partial charge in [0.2, 0.25) is 6.79 Å². The summed E-state index contributed by atoms with van der Waals surface area (Å²) in [6.45, 7) is 0.641. The maximum atomic E-state index is 13.6. The molecule has 0 unspecified atom stereocenters. The van der Waals surface area contributed by atoms with E-state index < -0.39 is 11.7 Å². The van der Waals surface area contributed by atoms with Crippen LogP contribution in [0.4, 0.5) is 13.2 Å². The number of unbranched alkanes of at least 4 members (excludes halogenated alkanes) is 1. The first-order chi connectivity index (χ1) is 13.4. The third-order valence-electron chi connectivity index (χ3n) is 4.86. The topological polar surface area (TPSA) is 60.3 Å². The number of H-pyrrole nitrogens is 1. The average Bonchev–Trinajstić information content (AvgIpc) is 3.25. The molecule has 28 heavy (non-hydrogen) atoms. The monoisotopic (exact) mass is 410 g/mol. The summed E-state index contributed by atoms with van der Waals surface area (Å²) >= 11 is 6.33. The molecule has 0 radical (unpaired) electrons. The highest BCUT2D eigenvalue weighted by Gasteiger charge is 2.34. The van der Waals surface area contributed by atoms with Gasteiger partial charge >= 0.3 is 6.18 Å². The summed E-state index contributed by atoms with van der Waals surface area (Å²) in [4.78, 5) is 2.98. The lowest BCUT2D eigenvalue weighted by Crippen LogP contribution is -2.05. The van der Waals surface area contributed by atoms with Crippen LogP contribution in [-0.2, 0) is 12.6 Å². The van der Waals surface area contributed by atoms with E-state index >= 15 is 0 Å². The van der Waals surface area contributed by atoms with Crippen LogP contribution >= 0.6 is 11.6 Å². The SMILES string of the molecule is NCCCCc1c(-c2ccc3c(c2)OCO3)[nH]c2c(C(F)(F)F)ccc(Cl)c12. The lowest BCUT2D eigenvalue weighted by Gasteiger charge is -2.09. The molecular formula is C20H18ClF3N2O2. The van der Waals surface area contributed by atoms with Gasteiger partial charge in [-0.15, -0.1) is 0 Å². The summed E-state index contributed by atoms with van der Waals surface area (Å²) in [6, 6.07) is 7.62. The Balaban J connectivity index is 1.93. The zero-order valence-electron chi connectivity index (χ0n) is 14.8. The maximum Gasteiger partial charge on any atom is 0.418 e. The second-order valence-electron chi connectivity index (χ2n) is 6.64. The fourth-order valence-electron chi connectivity index (χ4n) is 3.56. The molecule has 1 aliphatic heterocycles. The molecule has 4 rings (SSSR count). The molecule has 0 fully saturated rings. The van der Waals surface area contributed by atoms with Gasteiger partial charge in [-0.25, -0.2) is 0 Å². The van der Waals surface area contributed by atoms with Gasteiger partial charge in [0.25, 0.3) is 0 Å². The molecule has 0 spiro atoms. The Bertz CT molecular complexity index is 1030. The largest absolute Gasteiger partial charge is 0.454 e. The Labute approximate surface area is 164 Å². The van der Waals surface area contributed by atoms with Gasteiger partial charge in [0.05, 0.1) is 16.1 Å². The Kier molecular flexibility index (Phi) is 4.89. The van der Waals surface area contributed by atoms with Gasteiger partial charge in [0, 0.05) is 16.6 Å². The summed E-state index contributed by atoms with van der Waals surface area (Å²) in [5, 5.41) is 0.690. The summed E-state index contributed by atoms with van der Waals surface area (Å²) in [7, 11) is 0. The van der Waals surface area contributed by atoms with Crippen molar-refractivity contribution >= 4 is 22.5 Å². The number of halogens is 4. The van der Waals surface area contributed by atoms with E-state index in [1.54, 1.807) is 18.2 Å². The van der Waals surface area contributed by atoms with E-state index in [9.17, 15) is 13.2 Å². The van der Waals surface area contributed by atoms with E-state index in [1.165, 1.54) is 6.07 Å². The number of benzene rings is 2. The highest BCUT2D eigenvalue weighted by atomic mass is 35.5. The first-order valence-electron chi connectivity index (χ1n) is 8.90. The van der Waals surface area contributed by atoms with Crippen molar-refractivity contribution in [2.24, 2.45) is 5.73 Å². The third kappa shape index (κ3) is 3.29. The van der Waals surface area contributed by atoms with Crippen LogP contribution in [0.15, 0.2) is 30.3 Å². The molecule has 3 N–H and O–H groups in total. The van der Waals surface area contributed by atoms with E-state index in [0.717, 1.165) is 24.5 Å². The zero-order valence-corrected chi connectivity index (χ0v) is 15.6. The average molecular weight is 411 g/mol. The third-order valence-corrected chi connectivity index (χ3v) is 5.17. The number of rotatable bonds is 5. The van der Waals surface area contributed by atoms with Crippen LogP contribution in [0.2, 0.25) is 5.02 Å². The van der Waals surface area contributed by atoms with Crippen LogP contribution < -0.4 is 15.2 Å². The van der Waals surface area contributed by atoms with Gasteiger partial charge in [-0.3, -0.25) is 0 Å². The highest BCUT2D eigenvalue weighted by Crippen LogP contribution is 2.43. The second-order valence-corrected chi connectivity index (χ2v) is 7.04. The Hall–Kier alpha value is -2.38. The van der Waals surface area contributed by atoms with Crippen LogP contribution in [-0.4, -0.2) is 18.3 Å². The van der Waals surface area contributed by atoms with Gasteiger partial charge < -0.3 is 20.2 Å². The number of hydrogen-bond acceptors (Lipinski definition) is 3. The van der Waals surface area contributed by atoms with Crippen molar-refractivity contribution in [2.75, 3.05) is 13.3 Å². The predicted molar refractivity (Wildman–Crippen MR) is 102 cm³/mol. The van der Waals surface area contributed by atoms with Gasteiger partial charge in [0.1, 0.15) is 0 Å². The quantitative estimate of drug-likeness (QED) is 0.545. The summed E-state index contributed by atoms with van der Waals surface area (Å²) < 4.78 is 51.4. The van der Waals surface area contributed by atoms with Crippen molar-refractivity contribution in [1.29, 1.82) is 0 Å². The first kappa shape index (κ1) is 19.0. The maximum absolute atomic E-state index is 13.6. The van der Waals surface area contributed by atoms with E-state index in [4.69, 9.17) is 26.8 Å². The van der Waals surface area contributed by atoms with Crippen molar-refractivity contribution in [2.45, 2.75) is 25.4 Å². The van der Waals surface area contributed by atoms with Crippen molar-refractivity contribution in [1.82, 2.24) is 4.98 Å². The molecular weight excluding hydrogens is 393 g/mol. The van der Waals surface area contributed by atoms with Gasteiger partial charge in [-0.2, -0.15) is 13.2 Å². The normalized spacial score (nSPS) is 13.5. The number of fused-ring (bicyclic) bond motifs is 2. The van der Waals surface area contributed by atoms with Crippen molar-refractivity contribution in [3.05, 3.63) is 46.5 Å². The number of aromatic amines is 1. The second kappa shape index (κ2) is 7.22. The lowest BCUT2D eigenvalue weighted by atomic mass is 9.99. The standard InChI is InChI=1S/C20H18ClF3N2O2/c21-14-6-5-13(20(22,23)24)19-17(14)12(3-1-2-8-25)18(26-19)11-4-7-15-16(9-11)28-10-27-15/h4-7,9,26H,1-3,8,10,25H2. The fraction of sp³-hybridized carbons (Fsp3) is 0.300. The highest BCUT2D eigenvalue weighted by molar-refractivity contribution is 6.36. The lowest BCUT2D eigenvalue weighted by molar-refractivity contribution is -0.136. The zero-order chi connectivity index (χ0) is 19.9. The fourth-order valence-corrected chi connectivity index (χ4v) is 3.83. The molecule has 0 saturated heterocycles. The molecule has 0 bridgehead atoms. The number of aryl methyl sites for hydroxylation is 1. The van der Waals surface area contributed by atoms with Crippen LogP contribution in [0.3, 0.4) is 0 Å². The summed E-state index contributed by atoms with van der Waals surface area (Å²) in [5.41, 5.74) is 6.91. The Morgan fingerprint density at radius 3 is 2.61 bits per heavy atom. The molecule has 0 aliphatic carbocycles. The van der Waals surface area contributed by atoms with Gasteiger partial charge in [0.15, 0.2) is 11.5 Å². The van der Waals surface area contributed by atoms with Crippen LogP contribution in [0.5, 0.6) is 11.5 Å². The minimum Gasteiger partial charge on any atom is -0.454 e. The van der Waals surface area contributed by atoms with Crippen LogP contribution in [0, 0.1) is 0 Å². The number of aromatic nitrogens is 1. The number of hydrogen-bond donors (Lipinski definition) is 2. The molecule has 2 aromatic carbocycles. The number of nitrogens with one attached hydrogen (secondary N) is 1. The molecule has 0 atom stereocenters. The molecule has 1 aliphatic rings. The van der Waals surface area contributed by atoms with Crippen molar-refractivity contribution in [3.8, 4) is 22.8 Å². The summed E-state index contributed by atoms with van der Waals surface area (Å²) in [5.74, 6) is 1.17.